The zero-order valence-electron chi connectivity index (χ0n) is 12.7. The van der Waals surface area contributed by atoms with Crippen molar-refractivity contribution in [3.8, 4) is 0 Å². The molecule has 1 amide bonds. The molecule has 0 N–H and O–H groups in total. The minimum atomic E-state index is -4.58. The molecule has 136 valence electrons. The van der Waals surface area contributed by atoms with Crippen molar-refractivity contribution in [2.45, 2.75) is 24.4 Å². The standard InChI is InChI=1S/C14H12ClF3N2O3S2/c1-7(21)19-13-20(11-5-25(22,23)6-12(11)24-13)10-4-8(14(16,17)18)2-3-9(10)15/h2-4,11-12H,5-6H2,1H3. The van der Waals surface area contributed by atoms with Crippen LogP contribution < -0.4 is 4.90 Å². The number of amidine groups is 1. The molecule has 0 saturated carbocycles. The first-order chi connectivity index (χ1) is 11.5. The number of halogens is 4. The van der Waals surface area contributed by atoms with Crippen LogP contribution in [0.25, 0.3) is 0 Å². The summed E-state index contributed by atoms with van der Waals surface area (Å²) in [5.74, 6) is -0.876. The minimum absolute atomic E-state index is 0.00593. The molecule has 0 aliphatic carbocycles. The molecule has 0 radical (unpaired) electrons. The van der Waals surface area contributed by atoms with Crippen molar-refractivity contribution in [1.29, 1.82) is 0 Å². The van der Waals surface area contributed by atoms with Gasteiger partial charge in [-0.15, -0.1) is 0 Å². The number of amides is 1. The van der Waals surface area contributed by atoms with Crippen molar-refractivity contribution in [2.24, 2.45) is 4.99 Å². The Kier molecular flexibility index (Phi) is 4.57. The van der Waals surface area contributed by atoms with Crippen molar-refractivity contribution in [3.63, 3.8) is 0 Å². The molecular formula is C14H12ClF3N2O3S2. The van der Waals surface area contributed by atoms with E-state index in [0.29, 0.717) is 0 Å². The Labute approximate surface area is 151 Å². The van der Waals surface area contributed by atoms with E-state index in [1.54, 1.807) is 0 Å². The minimum Gasteiger partial charge on any atom is -0.314 e. The molecule has 0 bridgehead atoms. The molecule has 11 heteroatoms. The van der Waals surface area contributed by atoms with Crippen LogP contribution >= 0.6 is 23.4 Å². The number of carbonyl (C=O) groups is 1. The first-order valence-corrected chi connectivity index (χ1v) is 10.2. The fourth-order valence-corrected chi connectivity index (χ4v) is 7.01. The largest absolute Gasteiger partial charge is 0.416 e. The van der Waals surface area contributed by atoms with Gasteiger partial charge in [-0.05, 0) is 18.2 Å². The van der Waals surface area contributed by atoms with E-state index in [0.717, 1.165) is 30.0 Å². The van der Waals surface area contributed by atoms with E-state index in [2.05, 4.69) is 4.99 Å². The third-order valence-corrected chi connectivity index (χ3v) is 7.38. The molecule has 2 unspecified atom stereocenters. The monoisotopic (exact) mass is 412 g/mol. The van der Waals surface area contributed by atoms with E-state index < -0.39 is 38.8 Å². The fourth-order valence-electron chi connectivity index (χ4n) is 2.85. The van der Waals surface area contributed by atoms with Gasteiger partial charge in [0.1, 0.15) is 0 Å². The number of nitrogens with zero attached hydrogens (tertiary/aromatic N) is 2. The number of rotatable bonds is 1. The summed E-state index contributed by atoms with van der Waals surface area (Å²) < 4.78 is 62.9. The van der Waals surface area contributed by atoms with Gasteiger partial charge in [0.05, 0.1) is 33.8 Å². The highest BCUT2D eigenvalue weighted by Gasteiger charge is 2.50. The SMILES string of the molecule is CC(=O)N=C1SC2CS(=O)(=O)CC2N1c1cc(C(F)(F)F)ccc1Cl. The Morgan fingerprint density at radius 1 is 1.36 bits per heavy atom. The molecule has 2 aliphatic rings. The summed E-state index contributed by atoms with van der Waals surface area (Å²) in [5, 5.41) is -0.220. The molecule has 25 heavy (non-hydrogen) atoms. The van der Waals surface area contributed by atoms with Gasteiger partial charge in [0.25, 0.3) is 0 Å². The fraction of sp³-hybridized carbons (Fsp3) is 0.429. The summed E-state index contributed by atoms with van der Waals surface area (Å²) >= 11 is 7.15. The second kappa shape index (κ2) is 6.17. The number of alkyl halides is 3. The number of aliphatic imine (C=N–C) groups is 1. The Morgan fingerprint density at radius 2 is 2.04 bits per heavy atom. The van der Waals surface area contributed by atoms with Crippen LogP contribution in [0, 0.1) is 0 Å². The Morgan fingerprint density at radius 3 is 2.64 bits per heavy atom. The molecule has 1 aromatic carbocycles. The van der Waals surface area contributed by atoms with Crippen LogP contribution in [0.5, 0.6) is 0 Å². The summed E-state index contributed by atoms with van der Waals surface area (Å²) in [6.45, 7) is 1.21. The molecule has 2 aliphatic heterocycles. The smallest absolute Gasteiger partial charge is 0.314 e. The van der Waals surface area contributed by atoms with Crippen LogP contribution in [0.3, 0.4) is 0 Å². The Bertz CT molecular complexity index is 871. The van der Waals surface area contributed by atoms with E-state index in [-0.39, 0.29) is 27.4 Å². The summed E-state index contributed by atoms with van der Waals surface area (Å²) in [6, 6.07) is 2.19. The molecule has 2 heterocycles. The maximum atomic E-state index is 13.0. The van der Waals surface area contributed by atoms with Gasteiger partial charge in [0.2, 0.25) is 5.91 Å². The molecule has 0 aromatic heterocycles. The first kappa shape index (κ1) is 18.5. The molecule has 2 saturated heterocycles. The maximum absolute atomic E-state index is 13.0. The lowest BCUT2D eigenvalue weighted by molar-refractivity contribution is -0.137. The Hall–Kier alpha value is -1.26. The molecule has 5 nitrogen and oxygen atoms in total. The second-order valence-corrected chi connectivity index (χ2v) is 9.52. The van der Waals surface area contributed by atoms with Gasteiger partial charge < -0.3 is 4.90 Å². The van der Waals surface area contributed by atoms with Gasteiger partial charge in [-0.25, -0.2) is 8.42 Å². The van der Waals surface area contributed by atoms with E-state index in [9.17, 15) is 26.4 Å². The lowest BCUT2D eigenvalue weighted by Gasteiger charge is -2.26. The molecular weight excluding hydrogens is 401 g/mol. The zero-order valence-corrected chi connectivity index (χ0v) is 15.1. The molecule has 2 fully saturated rings. The van der Waals surface area contributed by atoms with Gasteiger partial charge in [0.15, 0.2) is 15.0 Å². The molecule has 3 rings (SSSR count). The van der Waals surface area contributed by atoms with Crippen molar-refractivity contribution in [3.05, 3.63) is 28.8 Å². The summed E-state index contributed by atoms with van der Waals surface area (Å²) in [4.78, 5) is 16.6. The number of fused-ring (bicyclic) bond motifs is 1. The number of hydrogen-bond donors (Lipinski definition) is 0. The quantitative estimate of drug-likeness (QED) is 0.709. The number of anilines is 1. The van der Waals surface area contributed by atoms with Crippen LogP contribution in [0.2, 0.25) is 5.02 Å². The third kappa shape index (κ3) is 3.65. The Balaban J connectivity index is 2.12. The van der Waals surface area contributed by atoms with Gasteiger partial charge >= 0.3 is 6.18 Å². The number of sulfone groups is 1. The van der Waals surface area contributed by atoms with E-state index in [1.165, 1.54) is 11.8 Å². The van der Waals surface area contributed by atoms with Crippen LogP contribution in [-0.2, 0) is 20.8 Å². The van der Waals surface area contributed by atoms with Crippen molar-refractivity contribution >= 4 is 50.0 Å². The number of carbonyl (C=O) groups excluding carboxylic acids is 1. The van der Waals surface area contributed by atoms with Crippen molar-refractivity contribution in [1.82, 2.24) is 0 Å². The average Bonchev–Trinajstić information content (AvgIpc) is 2.89. The van der Waals surface area contributed by atoms with Crippen molar-refractivity contribution < 1.29 is 26.4 Å². The zero-order chi connectivity index (χ0) is 18.6. The summed E-state index contributed by atoms with van der Waals surface area (Å²) in [6.07, 6.45) is -4.58. The van der Waals surface area contributed by atoms with Gasteiger partial charge in [-0.3, -0.25) is 4.79 Å². The maximum Gasteiger partial charge on any atom is 0.416 e. The van der Waals surface area contributed by atoms with Gasteiger partial charge in [0, 0.05) is 12.2 Å². The third-order valence-electron chi connectivity index (χ3n) is 3.85. The predicted octanol–water partition coefficient (Wildman–Crippen LogP) is 2.98. The lowest BCUT2D eigenvalue weighted by Crippen LogP contribution is -2.38. The predicted molar refractivity (Wildman–Crippen MR) is 90.9 cm³/mol. The highest BCUT2D eigenvalue weighted by Crippen LogP contribution is 2.44. The highest BCUT2D eigenvalue weighted by atomic mass is 35.5. The average molecular weight is 413 g/mol. The van der Waals surface area contributed by atoms with Crippen LogP contribution in [0.4, 0.5) is 18.9 Å². The molecule has 2 atom stereocenters. The highest BCUT2D eigenvalue weighted by molar-refractivity contribution is 8.16. The van der Waals surface area contributed by atoms with Gasteiger partial charge in [-0.2, -0.15) is 18.2 Å². The second-order valence-electron chi connectivity index (χ2n) is 5.75. The number of benzene rings is 1. The normalized spacial score (nSPS) is 26.9. The van der Waals surface area contributed by atoms with Crippen LogP contribution in [0.15, 0.2) is 23.2 Å². The van der Waals surface area contributed by atoms with E-state index >= 15 is 0 Å². The van der Waals surface area contributed by atoms with Crippen molar-refractivity contribution in [2.75, 3.05) is 16.4 Å². The lowest BCUT2D eigenvalue weighted by atomic mass is 10.1. The molecule has 0 spiro atoms. The van der Waals surface area contributed by atoms with E-state index in [1.807, 2.05) is 0 Å². The first-order valence-electron chi connectivity index (χ1n) is 7.10. The van der Waals surface area contributed by atoms with Crippen LogP contribution in [0.1, 0.15) is 12.5 Å². The topological polar surface area (TPSA) is 66.8 Å². The van der Waals surface area contributed by atoms with Crippen LogP contribution in [-0.4, -0.2) is 42.3 Å². The molecule has 1 aromatic rings. The summed E-state index contributed by atoms with van der Waals surface area (Å²) in [7, 11) is -3.32. The van der Waals surface area contributed by atoms with Gasteiger partial charge in [-0.1, -0.05) is 23.4 Å². The number of hydrogen-bond acceptors (Lipinski definition) is 4. The summed E-state index contributed by atoms with van der Waals surface area (Å²) in [5.41, 5.74) is -0.919. The number of thioether (sulfide) groups is 1. The van der Waals surface area contributed by atoms with E-state index in [4.69, 9.17) is 11.6 Å².